The summed E-state index contributed by atoms with van der Waals surface area (Å²) in [5.41, 5.74) is 1.66. The number of ether oxygens (including phenoxy) is 1. The van der Waals surface area contributed by atoms with Crippen LogP contribution in [-0.2, 0) is 26.2 Å². The van der Waals surface area contributed by atoms with E-state index < -0.39 is 28.5 Å². The molecule has 2 atom stereocenters. The van der Waals surface area contributed by atoms with Crippen LogP contribution in [0.1, 0.15) is 38.3 Å². The quantitative estimate of drug-likeness (QED) is 0.275. The van der Waals surface area contributed by atoms with Crippen LogP contribution in [0.5, 0.6) is 5.75 Å². The molecule has 8 nitrogen and oxygen atoms in total. The molecule has 0 saturated heterocycles. The van der Waals surface area contributed by atoms with Crippen molar-refractivity contribution in [3.8, 4) is 5.75 Å². The molecule has 0 aliphatic carbocycles. The lowest BCUT2D eigenvalue weighted by atomic mass is 10.1. The molecule has 0 bridgehead atoms. The Labute approximate surface area is 252 Å². The van der Waals surface area contributed by atoms with Gasteiger partial charge in [0.05, 0.1) is 27.7 Å². The van der Waals surface area contributed by atoms with Crippen molar-refractivity contribution in [3.05, 3.63) is 87.9 Å². The minimum atomic E-state index is -4.26. The van der Waals surface area contributed by atoms with Crippen molar-refractivity contribution in [2.75, 3.05) is 18.0 Å². The zero-order chi connectivity index (χ0) is 30.3. The summed E-state index contributed by atoms with van der Waals surface area (Å²) in [6, 6.07) is 16.9. The summed E-state index contributed by atoms with van der Waals surface area (Å²) in [5.74, 6) is -0.311. The molecular formula is C30H35Cl2N3O5S. The molecule has 0 unspecified atom stereocenters. The molecular weight excluding hydrogens is 585 g/mol. The van der Waals surface area contributed by atoms with Gasteiger partial charge in [0.25, 0.3) is 10.0 Å². The SMILES string of the molecule is CC[C@H](C)NC(=O)[C@H](C)N(Cc1ccc(OC)cc1)C(=O)CN(c1cccc(Cl)c1Cl)S(=O)(=O)c1ccc(C)cc1. The highest BCUT2D eigenvalue weighted by Crippen LogP contribution is 2.35. The van der Waals surface area contributed by atoms with Gasteiger partial charge in [0.2, 0.25) is 11.8 Å². The zero-order valence-electron chi connectivity index (χ0n) is 23.7. The van der Waals surface area contributed by atoms with E-state index in [0.717, 1.165) is 15.4 Å². The number of rotatable bonds is 12. The van der Waals surface area contributed by atoms with Crippen LogP contribution in [0.15, 0.2) is 71.6 Å². The fourth-order valence-electron chi connectivity index (χ4n) is 4.01. The van der Waals surface area contributed by atoms with Crippen LogP contribution in [-0.4, -0.2) is 50.9 Å². The second-order valence-corrected chi connectivity index (χ2v) is 12.4. The van der Waals surface area contributed by atoms with Crippen LogP contribution >= 0.6 is 23.2 Å². The maximum absolute atomic E-state index is 14.0. The number of methoxy groups -OCH3 is 1. The second-order valence-electron chi connectivity index (χ2n) is 9.76. The van der Waals surface area contributed by atoms with Gasteiger partial charge in [-0.25, -0.2) is 8.42 Å². The van der Waals surface area contributed by atoms with E-state index >= 15 is 0 Å². The maximum Gasteiger partial charge on any atom is 0.264 e. The Balaban J connectivity index is 2.06. The third-order valence-electron chi connectivity index (χ3n) is 6.77. The van der Waals surface area contributed by atoms with Crippen molar-refractivity contribution >= 4 is 50.7 Å². The van der Waals surface area contributed by atoms with E-state index in [9.17, 15) is 18.0 Å². The van der Waals surface area contributed by atoms with Crippen molar-refractivity contribution < 1.29 is 22.7 Å². The van der Waals surface area contributed by atoms with Crippen molar-refractivity contribution in [1.29, 1.82) is 0 Å². The number of nitrogens with one attached hydrogen (secondary N) is 1. The number of hydrogen-bond acceptors (Lipinski definition) is 5. The topological polar surface area (TPSA) is 96.0 Å². The molecule has 0 aliphatic rings. The van der Waals surface area contributed by atoms with Crippen LogP contribution in [0.2, 0.25) is 10.0 Å². The van der Waals surface area contributed by atoms with Gasteiger partial charge in [0.1, 0.15) is 18.3 Å². The molecule has 0 radical (unpaired) electrons. The van der Waals surface area contributed by atoms with Gasteiger partial charge < -0.3 is 15.0 Å². The number of carbonyl (C=O) groups is 2. The molecule has 220 valence electrons. The minimum Gasteiger partial charge on any atom is -0.497 e. The third kappa shape index (κ3) is 7.93. The molecule has 0 saturated carbocycles. The average molecular weight is 621 g/mol. The largest absolute Gasteiger partial charge is 0.497 e. The predicted octanol–water partition coefficient (Wildman–Crippen LogP) is 5.84. The minimum absolute atomic E-state index is 0.0121. The first-order chi connectivity index (χ1) is 19.4. The van der Waals surface area contributed by atoms with Crippen LogP contribution in [0.4, 0.5) is 5.69 Å². The van der Waals surface area contributed by atoms with E-state index in [-0.39, 0.29) is 39.1 Å². The Hall–Kier alpha value is -3.27. The van der Waals surface area contributed by atoms with Gasteiger partial charge >= 0.3 is 0 Å². The van der Waals surface area contributed by atoms with E-state index in [1.807, 2.05) is 20.8 Å². The van der Waals surface area contributed by atoms with Gasteiger partial charge in [0.15, 0.2) is 0 Å². The monoisotopic (exact) mass is 619 g/mol. The number of benzene rings is 3. The first-order valence-electron chi connectivity index (χ1n) is 13.1. The molecule has 1 N–H and O–H groups in total. The molecule has 3 aromatic carbocycles. The zero-order valence-corrected chi connectivity index (χ0v) is 26.1. The van der Waals surface area contributed by atoms with Crippen molar-refractivity contribution in [1.82, 2.24) is 10.2 Å². The number of aryl methyl sites for hydroxylation is 1. The highest BCUT2D eigenvalue weighted by molar-refractivity contribution is 7.92. The highest BCUT2D eigenvalue weighted by atomic mass is 35.5. The van der Waals surface area contributed by atoms with E-state index in [1.54, 1.807) is 56.5 Å². The van der Waals surface area contributed by atoms with Crippen LogP contribution in [0, 0.1) is 6.92 Å². The maximum atomic E-state index is 14.0. The number of halogens is 2. The Morgan fingerprint density at radius 1 is 0.976 bits per heavy atom. The number of carbonyl (C=O) groups excluding carboxylic acids is 2. The normalized spacial score (nSPS) is 12.8. The molecule has 3 rings (SSSR count). The summed E-state index contributed by atoms with van der Waals surface area (Å²) in [5, 5.41) is 3.03. The number of anilines is 1. The smallest absolute Gasteiger partial charge is 0.264 e. The molecule has 0 aliphatic heterocycles. The lowest BCUT2D eigenvalue weighted by Gasteiger charge is -2.32. The number of nitrogens with zero attached hydrogens (tertiary/aromatic N) is 2. The number of hydrogen-bond donors (Lipinski definition) is 1. The first-order valence-corrected chi connectivity index (χ1v) is 15.3. The second kappa shape index (κ2) is 14.1. The van der Waals surface area contributed by atoms with E-state index in [1.165, 1.54) is 29.2 Å². The van der Waals surface area contributed by atoms with Gasteiger partial charge in [-0.15, -0.1) is 0 Å². The standard InChI is InChI=1S/C30H35Cl2N3O5S/c1-6-21(3)33-30(37)22(4)34(18-23-12-14-24(40-5)15-13-23)28(36)19-35(27-9-7-8-26(31)29(27)32)41(38,39)25-16-10-20(2)11-17-25/h7-17,21-22H,6,18-19H2,1-5H3,(H,33,37)/t21-,22-/m0/s1. The summed E-state index contributed by atoms with van der Waals surface area (Å²) in [4.78, 5) is 28.5. The van der Waals surface area contributed by atoms with Crippen LogP contribution in [0.3, 0.4) is 0 Å². The number of sulfonamides is 1. The van der Waals surface area contributed by atoms with Crippen LogP contribution in [0.25, 0.3) is 0 Å². The fourth-order valence-corrected chi connectivity index (χ4v) is 5.89. The molecule has 2 amide bonds. The Morgan fingerprint density at radius 2 is 1.61 bits per heavy atom. The summed E-state index contributed by atoms with van der Waals surface area (Å²) in [7, 11) is -2.71. The van der Waals surface area contributed by atoms with E-state index in [2.05, 4.69) is 5.32 Å². The molecule has 0 spiro atoms. The van der Waals surface area contributed by atoms with Gasteiger partial charge in [-0.05, 0) is 69.2 Å². The molecule has 11 heteroatoms. The van der Waals surface area contributed by atoms with E-state index in [0.29, 0.717) is 12.2 Å². The van der Waals surface area contributed by atoms with E-state index in [4.69, 9.17) is 27.9 Å². The fraction of sp³-hybridized carbons (Fsp3) is 0.333. The summed E-state index contributed by atoms with van der Waals surface area (Å²) >= 11 is 12.7. The summed E-state index contributed by atoms with van der Waals surface area (Å²) in [6.45, 7) is 6.71. The van der Waals surface area contributed by atoms with Crippen molar-refractivity contribution in [2.45, 2.75) is 57.6 Å². The molecule has 0 fully saturated rings. The Bertz CT molecular complexity index is 1460. The van der Waals surface area contributed by atoms with Crippen molar-refractivity contribution in [3.63, 3.8) is 0 Å². The third-order valence-corrected chi connectivity index (χ3v) is 9.35. The highest BCUT2D eigenvalue weighted by Gasteiger charge is 2.34. The van der Waals surface area contributed by atoms with Gasteiger partial charge in [-0.1, -0.05) is 66.0 Å². The van der Waals surface area contributed by atoms with Gasteiger partial charge in [-0.2, -0.15) is 0 Å². The summed E-state index contributed by atoms with van der Waals surface area (Å²) in [6.07, 6.45) is 0.709. The predicted molar refractivity (Wildman–Crippen MR) is 163 cm³/mol. The summed E-state index contributed by atoms with van der Waals surface area (Å²) < 4.78 is 34.1. The van der Waals surface area contributed by atoms with Crippen molar-refractivity contribution in [2.24, 2.45) is 0 Å². The Kier molecular flexibility index (Phi) is 11.1. The molecule has 0 aromatic heterocycles. The number of amides is 2. The molecule has 3 aromatic rings. The average Bonchev–Trinajstić information content (AvgIpc) is 2.96. The van der Waals surface area contributed by atoms with Gasteiger partial charge in [0, 0.05) is 12.6 Å². The Morgan fingerprint density at radius 3 is 2.20 bits per heavy atom. The lowest BCUT2D eigenvalue weighted by molar-refractivity contribution is -0.139. The first kappa shape index (κ1) is 32.2. The van der Waals surface area contributed by atoms with Crippen LogP contribution < -0.4 is 14.4 Å². The van der Waals surface area contributed by atoms with Gasteiger partial charge in [-0.3, -0.25) is 13.9 Å². The molecule has 0 heterocycles. The lowest BCUT2D eigenvalue weighted by Crippen LogP contribution is -2.52. The molecule has 41 heavy (non-hydrogen) atoms.